The zero-order chi connectivity index (χ0) is 18.5. The normalized spacial score (nSPS) is 14.8. The van der Waals surface area contributed by atoms with E-state index in [0.29, 0.717) is 31.6 Å². The number of urea groups is 1. The number of anilines is 1. The Morgan fingerprint density at radius 3 is 2.27 bits per heavy atom. The molecule has 1 heterocycles. The molecule has 3 rings (SSSR count). The predicted molar refractivity (Wildman–Crippen MR) is 93.9 cm³/mol. The highest BCUT2D eigenvalue weighted by molar-refractivity contribution is 5.94. The Bertz CT molecular complexity index is 805. The van der Waals surface area contributed by atoms with Crippen molar-refractivity contribution in [3.8, 4) is 0 Å². The number of likely N-dealkylation sites (tertiary alicyclic amines) is 1. The predicted octanol–water partition coefficient (Wildman–Crippen LogP) is 3.39. The van der Waals surface area contributed by atoms with Gasteiger partial charge in [-0.2, -0.15) is 0 Å². The van der Waals surface area contributed by atoms with Crippen LogP contribution < -0.4 is 10.6 Å². The third-order valence-corrected chi connectivity index (χ3v) is 4.28. The van der Waals surface area contributed by atoms with Crippen molar-refractivity contribution < 1.29 is 18.4 Å². The van der Waals surface area contributed by atoms with Crippen LogP contribution in [0.1, 0.15) is 23.2 Å². The highest BCUT2D eigenvalue weighted by atomic mass is 19.1. The molecule has 0 atom stereocenters. The SMILES string of the molecule is O=C(NC1CCN(C(=O)Nc2cccc(F)c2)CC1)c1cccc(F)c1. The average Bonchev–Trinajstić information content (AvgIpc) is 2.62. The van der Waals surface area contributed by atoms with E-state index in [1.807, 2.05) is 0 Å². The van der Waals surface area contributed by atoms with E-state index in [2.05, 4.69) is 10.6 Å². The van der Waals surface area contributed by atoms with Gasteiger partial charge in [0.15, 0.2) is 0 Å². The fourth-order valence-corrected chi connectivity index (χ4v) is 2.89. The first kappa shape index (κ1) is 17.8. The maximum atomic E-state index is 13.2. The zero-order valence-electron chi connectivity index (χ0n) is 14.0. The van der Waals surface area contributed by atoms with E-state index < -0.39 is 11.6 Å². The van der Waals surface area contributed by atoms with Crippen LogP contribution in [-0.2, 0) is 0 Å². The molecule has 0 aromatic heterocycles. The van der Waals surface area contributed by atoms with Crippen LogP contribution >= 0.6 is 0 Å². The number of hydrogen-bond acceptors (Lipinski definition) is 2. The summed E-state index contributed by atoms with van der Waals surface area (Å²) in [4.78, 5) is 26.0. The van der Waals surface area contributed by atoms with Crippen molar-refractivity contribution in [2.75, 3.05) is 18.4 Å². The van der Waals surface area contributed by atoms with Gasteiger partial charge in [0.05, 0.1) is 0 Å². The summed E-state index contributed by atoms with van der Waals surface area (Å²) in [5.74, 6) is -1.20. The third kappa shape index (κ3) is 4.56. The van der Waals surface area contributed by atoms with E-state index in [1.54, 1.807) is 17.0 Å². The van der Waals surface area contributed by atoms with Crippen molar-refractivity contribution in [1.82, 2.24) is 10.2 Å². The maximum Gasteiger partial charge on any atom is 0.321 e. The van der Waals surface area contributed by atoms with E-state index in [9.17, 15) is 18.4 Å². The number of carbonyl (C=O) groups excluding carboxylic acids is 2. The molecule has 1 aliphatic rings. The lowest BCUT2D eigenvalue weighted by molar-refractivity contribution is 0.0919. The maximum absolute atomic E-state index is 13.2. The van der Waals surface area contributed by atoms with E-state index in [1.165, 1.54) is 36.4 Å². The summed E-state index contributed by atoms with van der Waals surface area (Å²) in [5, 5.41) is 5.52. The quantitative estimate of drug-likeness (QED) is 0.882. The monoisotopic (exact) mass is 359 g/mol. The smallest absolute Gasteiger partial charge is 0.321 e. The summed E-state index contributed by atoms with van der Waals surface area (Å²) in [7, 11) is 0. The van der Waals surface area contributed by atoms with Gasteiger partial charge in [-0.25, -0.2) is 13.6 Å². The summed E-state index contributed by atoms with van der Waals surface area (Å²) in [6, 6.07) is 10.8. The molecule has 136 valence electrons. The van der Waals surface area contributed by atoms with Gasteiger partial charge in [0, 0.05) is 30.4 Å². The Kier molecular flexibility index (Phi) is 5.46. The van der Waals surface area contributed by atoms with Crippen LogP contribution in [0.25, 0.3) is 0 Å². The van der Waals surface area contributed by atoms with Crippen LogP contribution in [0.3, 0.4) is 0 Å². The summed E-state index contributed by atoms with van der Waals surface area (Å²) in [6.07, 6.45) is 1.19. The Balaban J connectivity index is 1.49. The molecular weight excluding hydrogens is 340 g/mol. The number of nitrogens with one attached hydrogen (secondary N) is 2. The summed E-state index contributed by atoms with van der Waals surface area (Å²) >= 11 is 0. The minimum Gasteiger partial charge on any atom is -0.349 e. The highest BCUT2D eigenvalue weighted by Crippen LogP contribution is 2.15. The number of halogens is 2. The molecule has 0 aliphatic carbocycles. The molecular formula is C19H19F2N3O2. The van der Waals surface area contributed by atoms with Gasteiger partial charge in [0.2, 0.25) is 0 Å². The van der Waals surface area contributed by atoms with E-state index >= 15 is 0 Å². The van der Waals surface area contributed by atoms with E-state index in [4.69, 9.17) is 0 Å². The molecule has 3 amide bonds. The van der Waals surface area contributed by atoms with Gasteiger partial charge in [-0.3, -0.25) is 4.79 Å². The number of benzene rings is 2. The lowest BCUT2D eigenvalue weighted by Gasteiger charge is -2.32. The molecule has 2 N–H and O–H groups in total. The fraction of sp³-hybridized carbons (Fsp3) is 0.263. The molecule has 5 nitrogen and oxygen atoms in total. The zero-order valence-corrected chi connectivity index (χ0v) is 14.0. The van der Waals surface area contributed by atoms with Crippen LogP contribution in [0, 0.1) is 11.6 Å². The molecule has 1 saturated heterocycles. The molecule has 0 radical (unpaired) electrons. The van der Waals surface area contributed by atoms with E-state index in [-0.39, 0.29) is 23.5 Å². The second-order valence-electron chi connectivity index (χ2n) is 6.19. The summed E-state index contributed by atoms with van der Waals surface area (Å²) in [5.41, 5.74) is 0.674. The molecule has 1 fully saturated rings. The van der Waals surface area contributed by atoms with Crippen LogP contribution in [-0.4, -0.2) is 36.0 Å². The topological polar surface area (TPSA) is 61.4 Å². The minimum absolute atomic E-state index is 0.0796. The first-order chi connectivity index (χ1) is 12.5. The van der Waals surface area contributed by atoms with Gasteiger partial charge >= 0.3 is 6.03 Å². The number of rotatable bonds is 3. The van der Waals surface area contributed by atoms with Crippen molar-refractivity contribution >= 4 is 17.6 Å². The van der Waals surface area contributed by atoms with Crippen molar-refractivity contribution in [1.29, 1.82) is 0 Å². The average molecular weight is 359 g/mol. The Morgan fingerprint density at radius 1 is 0.962 bits per heavy atom. The molecule has 1 aliphatic heterocycles. The largest absolute Gasteiger partial charge is 0.349 e. The molecule has 2 aromatic rings. The molecule has 0 unspecified atom stereocenters. The molecule has 0 saturated carbocycles. The second kappa shape index (κ2) is 7.95. The lowest BCUT2D eigenvalue weighted by atomic mass is 10.0. The Hall–Kier alpha value is -2.96. The van der Waals surface area contributed by atoms with E-state index in [0.717, 1.165) is 0 Å². The number of amides is 3. The van der Waals surface area contributed by atoms with Crippen molar-refractivity contribution in [3.05, 3.63) is 65.7 Å². The van der Waals surface area contributed by atoms with Crippen LogP contribution in [0.15, 0.2) is 48.5 Å². The van der Waals surface area contributed by atoms with Gasteiger partial charge in [-0.05, 0) is 49.2 Å². The van der Waals surface area contributed by atoms with Gasteiger partial charge in [0.25, 0.3) is 5.91 Å². The number of piperidine rings is 1. The molecule has 0 spiro atoms. The highest BCUT2D eigenvalue weighted by Gasteiger charge is 2.24. The van der Waals surface area contributed by atoms with Crippen molar-refractivity contribution in [3.63, 3.8) is 0 Å². The van der Waals surface area contributed by atoms with Gasteiger partial charge in [-0.15, -0.1) is 0 Å². The summed E-state index contributed by atoms with van der Waals surface area (Å²) in [6.45, 7) is 0.935. The third-order valence-electron chi connectivity index (χ3n) is 4.28. The van der Waals surface area contributed by atoms with Gasteiger partial charge in [0.1, 0.15) is 11.6 Å². The lowest BCUT2D eigenvalue weighted by Crippen LogP contribution is -2.47. The fourth-order valence-electron chi connectivity index (χ4n) is 2.89. The number of carbonyl (C=O) groups is 2. The number of hydrogen-bond donors (Lipinski definition) is 2. The van der Waals surface area contributed by atoms with Crippen molar-refractivity contribution in [2.24, 2.45) is 0 Å². The Labute approximate surface area is 150 Å². The van der Waals surface area contributed by atoms with Crippen molar-refractivity contribution in [2.45, 2.75) is 18.9 Å². The molecule has 2 aromatic carbocycles. The first-order valence-electron chi connectivity index (χ1n) is 8.39. The Morgan fingerprint density at radius 2 is 1.62 bits per heavy atom. The standard InChI is InChI=1S/C19H19F2N3O2/c20-14-4-1-3-13(11-14)18(25)22-16-7-9-24(10-8-16)19(26)23-17-6-2-5-15(21)12-17/h1-6,11-12,16H,7-10H2,(H,22,25)(H,23,26). The van der Waals surface area contributed by atoms with Gasteiger partial charge in [-0.1, -0.05) is 12.1 Å². The summed E-state index contributed by atoms with van der Waals surface area (Å²) < 4.78 is 26.4. The number of nitrogens with zero attached hydrogens (tertiary/aromatic N) is 1. The van der Waals surface area contributed by atoms with Gasteiger partial charge < -0.3 is 15.5 Å². The molecule has 7 heteroatoms. The van der Waals surface area contributed by atoms with Crippen LogP contribution in [0.5, 0.6) is 0 Å². The molecule has 0 bridgehead atoms. The first-order valence-corrected chi connectivity index (χ1v) is 8.39. The molecule has 26 heavy (non-hydrogen) atoms. The van der Waals surface area contributed by atoms with Crippen LogP contribution in [0.2, 0.25) is 0 Å². The van der Waals surface area contributed by atoms with Crippen LogP contribution in [0.4, 0.5) is 19.3 Å². The second-order valence-corrected chi connectivity index (χ2v) is 6.19. The minimum atomic E-state index is -0.457.